The Labute approximate surface area is 132 Å². The first-order valence-electron chi connectivity index (χ1n) is 7.67. The fraction of sp³-hybridized carbons (Fsp3) is 0.444. The van der Waals surface area contributed by atoms with Crippen LogP contribution in [0.25, 0.3) is 0 Å². The summed E-state index contributed by atoms with van der Waals surface area (Å²) in [4.78, 5) is 5.28. The van der Waals surface area contributed by atoms with E-state index in [2.05, 4.69) is 73.6 Å². The molecule has 3 heteroatoms. The van der Waals surface area contributed by atoms with Gasteiger partial charge in [-0.15, -0.1) is 11.3 Å². The van der Waals surface area contributed by atoms with Crippen molar-refractivity contribution in [1.82, 2.24) is 10.2 Å². The van der Waals surface area contributed by atoms with E-state index in [4.69, 9.17) is 0 Å². The zero-order valence-electron chi connectivity index (χ0n) is 13.3. The highest BCUT2D eigenvalue weighted by molar-refractivity contribution is 7.11. The molecule has 1 aromatic heterocycles. The van der Waals surface area contributed by atoms with Crippen molar-refractivity contribution in [2.45, 2.75) is 39.4 Å². The van der Waals surface area contributed by atoms with E-state index in [1.165, 1.54) is 15.3 Å². The van der Waals surface area contributed by atoms with Crippen LogP contribution >= 0.6 is 11.3 Å². The van der Waals surface area contributed by atoms with Gasteiger partial charge in [0.15, 0.2) is 0 Å². The molecule has 2 rings (SSSR count). The van der Waals surface area contributed by atoms with Crippen LogP contribution in [0, 0.1) is 0 Å². The van der Waals surface area contributed by atoms with Gasteiger partial charge in [-0.05, 0) is 31.2 Å². The molecule has 0 unspecified atom stereocenters. The second-order valence-electron chi connectivity index (χ2n) is 5.88. The average molecular weight is 302 g/mol. The molecule has 1 N–H and O–H groups in total. The summed E-state index contributed by atoms with van der Waals surface area (Å²) in [6, 6.07) is 15.8. The summed E-state index contributed by atoms with van der Waals surface area (Å²) >= 11 is 1.92. The minimum absolute atomic E-state index is 0.545. The van der Waals surface area contributed by atoms with Gasteiger partial charge in [-0.25, -0.2) is 0 Å². The maximum atomic E-state index is 3.47. The second kappa shape index (κ2) is 8.32. The summed E-state index contributed by atoms with van der Waals surface area (Å²) in [5.41, 5.74) is 1.41. The Morgan fingerprint density at radius 3 is 2.48 bits per heavy atom. The minimum atomic E-state index is 0.545. The monoisotopic (exact) mass is 302 g/mol. The number of thiophene rings is 1. The van der Waals surface area contributed by atoms with Crippen LogP contribution in [0.4, 0.5) is 0 Å². The number of benzene rings is 1. The van der Waals surface area contributed by atoms with E-state index in [0.29, 0.717) is 6.04 Å². The molecule has 2 nitrogen and oxygen atoms in total. The lowest BCUT2D eigenvalue weighted by Crippen LogP contribution is -2.21. The van der Waals surface area contributed by atoms with E-state index in [1.807, 2.05) is 11.3 Å². The predicted molar refractivity (Wildman–Crippen MR) is 92.8 cm³/mol. The maximum Gasteiger partial charge on any atom is 0.0325 e. The normalized spacial score (nSPS) is 11.5. The Hall–Kier alpha value is -1.16. The van der Waals surface area contributed by atoms with Crippen molar-refractivity contribution in [2.75, 3.05) is 13.6 Å². The fourth-order valence-electron chi connectivity index (χ4n) is 2.22. The van der Waals surface area contributed by atoms with Crippen molar-refractivity contribution in [3.8, 4) is 0 Å². The van der Waals surface area contributed by atoms with Crippen LogP contribution in [0.3, 0.4) is 0 Å². The molecule has 0 amide bonds. The van der Waals surface area contributed by atoms with Crippen LogP contribution in [-0.2, 0) is 19.5 Å². The Balaban J connectivity index is 1.76. The molecular weight excluding hydrogens is 276 g/mol. The number of likely N-dealkylation sites (N-methyl/N-ethyl adjacent to an activating group) is 1. The van der Waals surface area contributed by atoms with E-state index in [9.17, 15) is 0 Å². The fourth-order valence-corrected chi connectivity index (χ4v) is 3.27. The first-order valence-corrected chi connectivity index (χ1v) is 8.48. The molecule has 0 saturated heterocycles. The van der Waals surface area contributed by atoms with E-state index in [1.54, 1.807) is 0 Å². The largest absolute Gasteiger partial charge is 0.310 e. The highest BCUT2D eigenvalue weighted by atomic mass is 32.1. The van der Waals surface area contributed by atoms with E-state index in [0.717, 1.165) is 26.1 Å². The number of nitrogens with one attached hydrogen (secondary N) is 1. The second-order valence-corrected chi connectivity index (χ2v) is 7.13. The number of hydrogen-bond acceptors (Lipinski definition) is 3. The number of rotatable bonds is 8. The predicted octanol–water partition coefficient (Wildman–Crippen LogP) is 3.92. The summed E-state index contributed by atoms with van der Waals surface area (Å²) in [6.45, 7) is 7.49. The van der Waals surface area contributed by atoms with Gasteiger partial charge >= 0.3 is 0 Å². The third-order valence-electron chi connectivity index (χ3n) is 3.45. The highest BCUT2D eigenvalue weighted by Gasteiger charge is 2.05. The van der Waals surface area contributed by atoms with Crippen LogP contribution < -0.4 is 5.32 Å². The molecule has 0 aliphatic rings. The van der Waals surface area contributed by atoms with E-state index < -0.39 is 0 Å². The zero-order valence-corrected chi connectivity index (χ0v) is 14.1. The van der Waals surface area contributed by atoms with Crippen LogP contribution in [0.15, 0.2) is 42.5 Å². The lowest BCUT2D eigenvalue weighted by molar-refractivity contribution is 0.334. The average Bonchev–Trinajstić information content (AvgIpc) is 2.91. The Morgan fingerprint density at radius 2 is 1.76 bits per heavy atom. The van der Waals surface area contributed by atoms with Gasteiger partial charge in [-0.2, -0.15) is 0 Å². The number of hydrogen-bond donors (Lipinski definition) is 1. The van der Waals surface area contributed by atoms with Crippen molar-refractivity contribution < 1.29 is 0 Å². The lowest BCUT2D eigenvalue weighted by Gasteiger charge is -2.15. The van der Waals surface area contributed by atoms with Gasteiger partial charge in [0.1, 0.15) is 0 Å². The van der Waals surface area contributed by atoms with Crippen molar-refractivity contribution in [3.05, 3.63) is 57.8 Å². The molecule has 114 valence electrons. The molecule has 0 atom stereocenters. The van der Waals surface area contributed by atoms with Crippen LogP contribution in [0.2, 0.25) is 0 Å². The minimum Gasteiger partial charge on any atom is -0.310 e. The van der Waals surface area contributed by atoms with Gasteiger partial charge < -0.3 is 10.2 Å². The summed E-state index contributed by atoms with van der Waals surface area (Å²) in [7, 11) is 2.20. The van der Waals surface area contributed by atoms with Gasteiger partial charge in [-0.3, -0.25) is 0 Å². The lowest BCUT2D eigenvalue weighted by atomic mass is 10.1. The molecule has 0 aliphatic carbocycles. The van der Waals surface area contributed by atoms with Gasteiger partial charge in [0.2, 0.25) is 0 Å². The Morgan fingerprint density at radius 1 is 1.05 bits per heavy atom. The molecule has 0 saturated carbocycles. The van der Waals surface area contributed by atoms with E-state index >= 15 is 0 Å². The maximum absolute atomic E-state index is 3.47. The number of nitrogens with zero attached hydrogens (tertiary/aromatic N) is 1. The summed E-state index contributed by atoms with van der Waals surface area (Å²) in [5.74, 6) is 0. The van der Waals surface area contributed by atoms with Crippen molar-refractivity contribution in [3.63, 3.8) is 0 Å². The van der Waals surface area contributed by atoms with Gasteiger partial charge in [0, 0.05) is 35.4 Å². The molecule has 1 aromatic carbocycles. The first-order chi connectivity index (χ1) is 10.1. The van der Waals surface area contributed by atoms with Crippen LogP contribution in [-0.4, -0.2) is 24.5 Å². The molecule has 0 fully saturated rings. The first kappa shape index (κ1) is 16.2. The SMILES string of the molecule is CC(C)NCc1ccc(CN(C)CCc2ccccc2)s1. The Kier molecular flexibility index (Phi) is 6.43. The van der Waals surface area contributed by atoms with Crippen LogP contribution in [0.5, 0.6) is 0 Å². The Bertz CT molecular complexity index is 519. The zero-order chi connectivity index (χ0) is 15.1. The summed E-state index contributed by atoms with van der Waals surface area (Å²) < 4.78 is 0. The topological polar surface area (TPSA) is 15.3 Å². The van der Waals surface area contributed by atoms with Gasteiger partial charge in [0.05, 0.1) is 0 Å². The van der Waals surface area contributed by atoms with Crippen molar-refractivity contribution in [1.29, 1.82) is 0 Å². The molecular formula is C18H26N2S. The molecule has 0 aliphatic heterocycles. The van der Waals surface area contributed by atoms with Gasteiger partial charge in [0.25, 0.3) is 0 Å². The van der Waals surface area contributed by atoms with Gasteiger partial charge in [-0.1, -0.05) is 44.2 Å². The molecule has 1 heterocycles. The third kappa shape index (κ3) is 6.00. The quantitative estimate of drug-likeness (QED) is 0.795. The molecule has 0 radical (unpaired) electrons. The van der Waals surface area contributed by atoms with Crippen molar-refractivity contribution >= 4 is 11.3 Å². The molecule has 0 spiro atoms. The third-order valence-corrected chi connectivity index (χ3v) is 4.52. The van der Waals surface area contributed by atoms with Crippen LogP contribution in [0.1, 0.15) is 29.2 Å². The smallest absolute Gasteiger partial charge is 0.0325 e. The molecule has 21 heavy (non-hydrogen) atoms. The van der Waals surface area contributed by atoms with Crippen molar-refractivity contribution in [2.24, 2.45) is 0 Å². The molecule has 0 bridgehead atoms. The summed E-state index contributed by atoms with van der Waals surface area (Å²) in [5, 5.41) is 3.47. The molecule has 2 aromatic rings. The standard InChI is InChI=1S/C18H26N2S/c1-15(2)19-13-17-9-10-18(21-17)14-20(3)12-11-16-7-5-4-6-8-16/h4-10,15,19H,11-14H2,1-3H3. The highest BCUT2D eigenvalue weighted by Crippen LogP contribution is 2.18. The van der Waals surface area contributed by atoms with E-state index in [-0.39, 0.29) is 0 Å². The summed E-state index contributed by atoms with van der Waals surface area (Å²) in [6.07, 6.45) is 1.12.